The van der Waals surface area contributed by atoms with E-state index in [0.29, 0.717) is 18.7 Å². The topological polar surface area (TPSA) is 112 Å². The van der Waals surface area contributed by atoms with Crippen LogP contribution in [0.3, 0.4) is 0 Å². The zero-order valence-electron chi connectivity index (χ0n) is 16.1. The van der Waals surface area contributed by atoms with Crippen LogP contribution in [0, 0.1) is 10.1 Å². The Morgan fingerprint density at radius 2 is 1.93 bits per heavy atom. The van der Waals surface area contributed by atoms with Crippen molar-refractivity contribution in [1.82, 2.24) is 0 Å². The number of anilines is 1. The van der Waals surface area contributed by atoms with Crippen LogP contribution in [0.4, 0.5) is 11.4 Å². The number of ether oxygens (including phenoxy) is 2. The van der Waals surface area contributed by atoms with Crippen molar-refractivity contribution >= 4 is 23.3 Å². The van der Waals surface area contributed by atoms with Gasteiger partial charge in [0.2, 0.25) is 0 Å². The SMILES string of the molecule is COC(=O)[C@H]1Cc2ccccc2C[NH+]1CC(=O)Nc1cc([N+](=O)[O-])ccc1OC. The fourth-order valence-corrected chi connectivity index (χ4v) is 3.55. The minimum Gasteiger partial charge on any atom is -0.495 e. The van der Waals surface area contributed by atoms with Gasteiger partial charge in [0.05, 0.1) is 24.8 Å². The lowest BCUT2D eigenvalue weighted by molar-refractivity contribution is -0.924. The van der Waals surface area contributed by atoms with Gasteiger partial charge in [-0.1, -0.05) is 24.3 Å². The molecular weight excluding hydrogens is 378 g/mol. The van der Waals surface area contributed by atoms with E-state index in [4.69, 9.17) is 9.47 Å². The van der Waals surface area contributed by atoms with Crippen molar-refractivity contribution in [3.63, 3.8) is 0 Å². The molecule has 9 nitrogen and oxygen atoms in total. The molecule has 3 rings (SSSR count). The maximum atomic E-state index is 12.7. The quantitative estimate of drug-likeness (QED) is 0.420. The number of esters is 1. The summed E-state index contributed by atoms with van der Waals surface area (Å²) in [6.45, 7) is 0.495. The highest BCUT2D eigenvalue weighted by Crippen LogP contribution is 2.28. The summed E-state index contributed by atoms with van der Waals surface area (Å²) in [6, 6.07) is 11.2. The number of carbonyl (C=O) groups excluding carboxylic acids is 2. The summed E-state index contributed by atoms with van der Waals surface area (Å²) in [5.41, 5.74) is 2.18. The van der Waals surface area contributed by atoms with E-state index in [1.165, 1.54) is 32.4 Å². The second-order valence-corrected chi connectivity index (χ2v) is 6.75. The van der Waals surface area contributed by atoms with Gasteiger partial charge in [0, 0.05) is 24.1 Å². The van der Waals surface area contributed by atoms with Crippen LogP contribution in [0.1, 0.15) is 11.1 Å². The van der Waals surface area contributed by atoms with Crippen LogP contribution >= 0.6 is 0 Å². The van der Waals surface area contributed by atoms with Gasteiger partial charge < -0.3 is 19.7 Å². The minimum atomic E-state index is -0.546. The van der Waals surface area contributed by atoms with Gasteiger partial charge in [0.15, 0.2) is 12.6 Å². The average Bonchev–Trinajstić information content (AvgIpc) is 2.72. The molecule has 0 bridgehead atoms. The molecule has 9 heteroatoms. The van der Waals surface area contributed by atoms with Crippen LogP contribution in [0.2, 0.25) is 0 Å². The molecule has 0 spiro atoms. The van der Waals surface area contributed by atoms with Gasteiger partial charge in [-0.3, -0.25) is 14.9 Å². The van der Waals surface area contributed by atoms with Crippen molar-refractivity contribution in [2.24, 2.45) is 0 Å². The van der Waals surface area contributed by atoms with E-state index in [9.17, 15) is 19.7 Å². The van der Waals surface area contributed by atoms with Crippen LogP contribution in [0.15, 0.2) is 42.5 Å². The average molecular weight is 400 g/mol. The van der Waals surface area contributed by atoms with Crippen molar-refractivity contribution < 1.29 is 28.9 Å². The van der Waals surface area contributed by atoms with Gasteiger partial charge in [0.1, 0.15) is 12.3 Å². The fourth-order valence-electron chi connectivity index (χ4n) is 3.55. The molecule has 1 amide bonds. The van der Waals surface area contributed by atoms with Crippen LogP contribution in [0.5, 0.6) is 5.75 Å². The number of nitro groups is 1. The third-order valence-electron chi connectivity index (χ3n) is 4.99. The van der Waals surface area contributed by atoms with Gasteiger partial charge in [0.25, 0.3) is 11.6 Å². The van der Waals surface area contributed by atoms with Gasteiger partial charge >= 0.3 is 5.97 Å². The Morgan fingerprint density at radius 1 is 1.21 bits per heavy atom. The number of hydrogen-bond donors (Lipinski definition) is 2. The second-order valence-electron chi connectivity index (χ2n) is 6.75. The zero-order chi connectivity index (χ0) is 21.0. The predicted molar refractivity (Wildman–Crippen MR) is 104 cm³/mol. The van der Waals surface area contributed by atoms with Crippen LogP contribution in [-0.4, -0.2) is 43.6 Å². The number of quaternary nitrogens is 1. The monoisotopic (exact) mass is 400 g/mol. The third kappa shape index (κ3) is 4.52. The molecule has 1 unspecified atom stereocenters. The summed E-state index contributed by atoms with van der Waals surface area (Å²) < 4.78 is 10.1. The number of non-ortho nitro benzene ring substituents is 1. The summed E-state index contributed by atoms with van der Waals surface area (Å²) in [6.07, 6.45) is 0.478. The van der Waals surface area contributed by atoms with E-state index in [1.807, 2.05) is 24.3 Å². The maximum Gasteiger partial charge on any atom is 0.365 e. The highest BCUT2D eigenvalue weighted by atomic mass is 16.6. The first-order valence-corrected chi connectivity index (χ1v) is 9.04. The Balaban J connectivity index is 1.79. The molecule has 2 atom stereocenters. The molecule has 1 aliphatic rings. The van der Waals surface area contributed by atoms with Crippen molar-refractivity contribution in [2.45, 2.75) is 19.0 Å². The number of amides is 1. The second kappa shape index (κ2) is 8.70. The Bertz CT molecular complexity index is 946. The molecule has 0 saturated heterocycles. The Hall–Kier alpha value is -3.46. The third-order valence-corrected chi connectivity index (χ3v) is 4.99. The molecule has 0 radical (unpaired) electrons. The Morgan fingerprint density at radius 3 is 2.59 bits per heavy atom. The smallest absolute Gasteiger partial charge is 0.365 e. The molecule has 2 aromatic carbocycles. The van der Waals surface area contributed by atoms with E-state index in [2.05, 4.69) is 5.32 Å². The van der Waals surface area contributed by atoms with E-state index in [0.717, 1.165) is 16.0 Å². The maximum absolute atomic E-state index is 12.7. The molecule has 0 aromatic heterocycles. The summed E-state index contributed by atoms with van der Waals surface area (Å²) in [5, 5.41) is 13.7. The highest BCUT2D eigenvalue weighted by molar-refractivity contribution is 5.93. The van der Waals surface area contributed by atoms with Gasteiger partial charge in [-0.25, -0.2) is 4.79 Å². The Labute approximate surface area is 167 Å². The largest absolute Gasteiger partial charge is 0.495 e. The molecule has 2 aromatic rings. The first-order valence-electron chi connectivity index (χ1n) is 9.04. The first kappa shape index (κ1) is 20.3. The number of nitrogens with zero attached hydrogens (tertiary/aromatic N) is 1. The van der Waals surface area contributed by atoms with Crippen molar-refractivity contribution in [3.8, 4) is 5.75 Å². The number of nitro benzene ring substituents is 1. The van der Waals surface area contributed by atoms with Gasteiger partial charge in [-0.2, -0.15) is 0 Å². The fraction of sp³-hybridized carbons (Fsp3) is 0.300. The normalized spacial score (nSPS) is 17.7. The number of fused-ring (bicyclic) bond motifs is 1. The lowest BCUT2D eigenvalue weighted by Crippen LogP contribution is -3.17. The summed E-state index contributed by atoms with van der Waals surface area (Å²) in [4.78, 5) is 36.2. The lowest BCUT2D eigenvalue weighted by atomic mass is 9.94. The highest BCUT2D eigenvalue weighted by Gasteiger charge is 2.37. The summed E-state index contributed by atoms with van der Waals surface area (Å²) in [7, 11) is 2.74. The number of methoxy groups -OCH3 is 2. The van der Waals surface area contributed by atoms with E-state index < -0.39 is 11.0 Å². The number of nitrogens with one attached hydrogen (secondary N) is 2. The number of hydrogen-bond acceptors (Lipinski definition) is 6. The van der Waals surface area contributed by atoms with Crippen LogP contribution in [0.25, 0.3) is 0 Å². The van der Waals surface area contributed by atoms with Crippen molar-refractivity contribution in [1.29, 1.82) is 0 Å². The van der Waals surface area contributed by atoms with E-state index in [-0.39, 0.29) is 29.8 Å². The molecule has 0 fully saturated rings. The van der Waals surface area contributed by atoms with Crippen molar-refractivity contribution in [2.75, 3.05) is 26.1 Å². The summed E-state index contributed by atoms with van der Waals surface area (Å²) in [5.74, 6) is -0.449. The molecule has 1 aliphatic heterocycles. The molecular formula is C20H22N3O6+. The summed E-state index contributed by atoms with van der Waals surface area (Å²) >= 11 is 0. The van der Waals surface area contributed by atoms with E-state index >= 15 is 0 Å². The molecule has 0 aliphatic carbocycles. The molecule has 1 heterocycles. The lowest BCUT2D eigenvalue weighted by Gasteiger charge is -2.31. The van der Waals surface area contributed by atoms with Gasteiger partial charge in [-0.15, -0.1) is 0 Å². The number of rotatable bonds is 6. The van der Waals surface area contributed by atoms with E-state index in [1.54, 1.807) is 0 Å². The molecule has 29 heavy (non-hydrogen) atoms. The zero-order valence-corrected chi connectivity index (χ0v) is 16.1. The molecule has 0 saturated carbocycles. The van der Waals surface area contributed by atoms with Crippen molar-refractivity contribution in [3.05, 3.63) is 63.7 Å². The standard InChI is InChI=1S/C20H21N3O6/c1-28-18-8-7-15(23(26)27)10-16(18)21-19(24)12-22-11-14-6-4-3-5-13(14)9-17(22)20(25)29-2/h3-8,10,17H,9,11-12H2,1-2H3,(H,21,24)/p+1/t17-/m1/s1. The Kier molecular flexibility index (Phi) is 6.08. The molecule has 152 valence electrons. The minimum absolute atomic E-state index is 0.0000524. The molecule has 2 N–H and O–H groups in total. The van der Waals surface area contributed by atoms with Crippen LogP contribution in [-0.2, 0) is 27.3 Å². The number of carbonyl (C=O) groups is 2. The predicted octanol–water partition coefficient (Wildman–Crippen LogP) is 0.725. The van der Waals surface area contributed by atoms with Gasteiger partial charge in [-0.05, 0) is 11.6 Å². The first-order chi connectivity index (χ1) is 13.9. The van der Waals surface area contributed by atoms with Crippen LogP contribution < -0.4 is 15.0 Å². The number of benzene rings is 2.